The van der Waals surface area contributed by atoms with E-state index in [4.69, 9.17) is 0 Å². The van der Waals surface area contributed by atoms with Crippen LogP contribution in [0.5, 0.6) is 0 Å². The minimum absolute atomic E-state index is 1.07. The fraction of sp³-hybridized carbons (Fsp3) is 0.385. The second-order valence-electron chi connectivity index (χ2n) is 7.45. The molecular weight excluding hydrogens is 326 g/mol. The molecule has 1 nitrogen and oxygen atoms in total. The van der Waals surface area contributed by atoms with Crippen LogP contribution >= 0.6 is 0 Å². The van der Waals surface area contributed by atoms with Crippen molar-refractivity contribution >= 4 is 22.1 Å². The van der Waals surface area contributed by atoms with Gasteiger partial charge in [0.2, 0.25) is 0 Å². The zero-order valence-electron chi connectivity index (χ0n) is 17.0. The number of fused-ring (bicyclic) bond motifs is 1. The third kappa shape index (κ3) is 4.91. The predicted molar refractivity (Wildman–Crippen MR) is 120 cm³/mol. The van der Waals surface area contributed by atoms with E-state index in [1.807, 2.05) is 0 Å². The summed E-state index contributed by atoms with van der Waals surface area (Å²) in [5, 5.41) is 2.72. The van der Waals surface area contributed by atoms with Gasteiger partial charge in [-0.15, -0.1) is 0 Å². The molecule has 142 valence electrons. The molecule has 0 N–H and O–H groups in total. The van der Waals surface area contributed by atoms with Crippen molar-refractivity contribution in [3.05, 3.63) is 72.3 Å². The molecule has 0 radical (unpaired) electrons. The summed E-state index contributed by atoms with van der Waals surface area (Å²) >= 11 is 0. The van der Waals surface area contributed by atoms with Gasteiger partial charge in [0.1, 0.15) is 0 Å². The van der Waals surface area contributed by atoms with Gasteiger partial charge in [-0.1, -0.05) is 94.1 Å². The van der Waals surface area contributed by atoms with Crippen LogP contribution in [0.3, 0.4) is 0 Å². The van der Waals surface area contributed by atoms with Crippen molar-refractivity contribution < 1.29 is 0 Å². The van der Waals surface area contributed by atoms with E-state index in [0.29, 0.717) is 0 Å². The molecule has 0 bridgehead atoms. The van der Waals surface area contributed by atoms with Gasteiger partial charge in [-0.3, -0.25) is 0 Å². The fourth-order valence-corrected chi connectivity index (χ4v) is 3.86. The molecule has 1 heteroatoms. The largest absolute Gasteiger partial charge is 0.341 e. The van der Waals surface area contributed by atoms with Gasteiger partial charge in [0, 0.05) is 17.6 Å². The Labute approximate surface area is 165 Å². The van der Waals surface area contributed by atoms with E-state index in [1.54, 1.807) is 0 Å². The topological polar surface area (TPSA) is 3.24 Å². The van der Waals surface area contributed by atoms with Crippen molar-refractivity contribution in [1.82, 2.24) is 0 Å². The summed E-state index contributed by atoms with van der Waals surface area (Å²) < 4.78 is 0. The summed E-state index contributed by atoms with van der Waals surface area (Å²) in [4.78, 5) is 2.56. The summed E-state index contributed by atoms with van der Waals surface area (Å²) in [6.07, 6.45) is 8.79. The highest BCUT2D eigenvalue weighted by molar-refractivity contribution is 5.97. The highest BCUT2D eigenvalue weighted by atomic mass is 15.1. The average Bonchev–Trinajstić information content (AvgIpc) is 2.73. The predicted octanol–water partition coefficient (Wildman–Crippen LogP) is 7.90. The molecule has 0 heterocycles. The monoisotopic (exact) mass is 359 g/mol. The average molecular weight is 360 g/mol. The van der Waals surface area contributed by atoms with Gasteiger partial charge in [-0.2, -0.15) is 0 Å². The molecule has 0 saturated carbocycles. The van der Waals surface area contributed by atoms with Crippen LogP contribution < -0.4 is 4.90 Å². The van der Waals surface area contributed by atoms with Crippen LogP contribution in [0.4, 0.5) is 11.4 Å². The molecular formula is C26H33N. The lowest BCUT2D eigenvalue weighted by atomic mass is 9.97. The smallest absolute Gasteiger partial charge is 0.0522 e. The number of rotatable bonds is 10. The van der Waals surface area contributed by atoms with Crippen molar-refractivity contribution in [2.24, 2.45) is 0 Å². The highest BCUT2D eigenvalue weighted by Gasteiger charge is 2.16. The van der Waals surface area contributed by atoms with Crippen LogP contribution in [-0.4, -0.2) is 6.54 Å². The number of para-hydroxylation sites is 1. The van der Waals surface area contributed by atoms with Crippen molar-refractivity contribution in [3.8, 4) is 0 Å². The molecule has 0 unspecified atom stereocenters. The van der Waals surface area contributed by atoms with Crippen molar-refractivity contribution in [2.45, 2.75) is 58.8 Å². The van der Waals surface area contributed by atoms with E-state index in [2.05, 4.69) is 85.5 Å². The Morgan fingerprint density at radius 3 is 2.19 bits per heavy atom. The Morgan fingerprint density at radius 1 is 0.667 bits per heavy atom. The lowest BCUT2D eigenvalue weighted by Gasteiger charge is -2.29. The second-order valence-corrected chi connectivity index (χ2v) is 7.45. The molecule has 0 fully saturated rings. The standard InChI is InChI=1S/C26H33N/c1-3-5-7-9-15-23-20-19-22-14-12-13-18-25(22)26(23)27(21-6-4-2)24-16-10-8-11-17-24/h8,10-14,16-20H,3-7,9,15,21H2,1-2H3. The lowest BCUT2D eigenvalue weighted by Crippen LogP contribution is -2.20. The zero-order valence-corrected chi connectivity index (χ0v) is 17.0. The maximum atomic E-state index is 2.56. The van der Waals surface area contributed by atoms with E-state index in [-0.39, 0.29) is 0 Å². The number of unbranched alkanes of at least 4 members (excludes halogenated alkanes) is 4. The number of aryl methyl sites for hydroxylation is 1. The van der Waals surface area contributed by atoms with E-state index >= 15 is 0 Å². The van der Waals surface area contributed by atoms with E-state index in [9.17, 15) is 0 Å². The van der Waals surface area contributed by atoms with Gasteiger partial charge in [0.15, 0.2) is 0 Å². The normalized spacial score (nSPS) is 11.0. The molecule has 3 rings (SSSR count). The number of benzene rings is 3. The minimum atomic E-state index is 1.07. The molecule has 0 aliphatic heterocycles. The molecule has 0 aliphatic rings. The molecule has 3 aromatic rings. The Morgan fingerprint density at radius 2 is 1.41 bits per heavy atom. The van der Waals surface area contributed by atoms with Crippen molar-refractivity contribution in [2.75, 3.05) is 11.4 Å². The summed E-state index contributed by atoms with van der Waals surface area (Å²) in [6, 6.07) is 24.4. The maximum absolute atomic E-state index is 2.56. The maximum Gasteiger partial charge on any atom is 0.0522 e. The third-order valence-electron chi connectivity index (χ3n) is 5.36. The molecule has 0 spiro atoms. The van der Waals surface area contributed by atoms with Crippen LogP contribution in [0.1, 0.15) is 57.9 Å². The molecule has 0 aliphatic carbocycles. The molecule has 27 heavy (non-hydrogen) atoms. The fourth-order valence-electron chi connectivity index (χ4n) is 3.86. The van der Waals surface area contributed by atoms with Crippen LogP contribution in [0.25, 0.3) is 10.8 Å². The van der Waals surface area contributed by atoms with Crippen molar-refractivity contribution in [3.63, 3.8) is 0 Å². The highest BCUT2D eigenvalue weighted by Crippen LogP contribution is 2.36. The number of hydrogen-bond donors (Lipinski definition) is 0. The zero-order chi connectivity index (χ0) is 18.9. The Hall–Kier alpha value is -2.28. The van der Waals surface area contributed by atoms with E-state index in [0.717, 1.165) is 13.0 Å². The molecule has 0 saturated heterocycles. The summed E-state index contributed by atoms with van der Waals surface area (Å²) in [7, 11) is 0. The first-order valence-electron chi connectivity index (χ1n) is 10.7. The first-order chi connectivity index (χ1) is 13.3. The summed E-state index contributed by atoms with van der Waals surface area (Å²) in [5.41, 5.74) is 4.21. The number of nitrogens with zero attached hydrogens (tertiary/aromatic N) is 1. The second kappa shape index (κ2) is 10.2. The van der Waals surface area contributed by atoms with E-state index in [1.165, 1.54) is 66.2 Å². The van der Waals surface area contributed by atoms with Crippen LogP contribution in [0.2, 0.25) is 0 Å². The van der Waals surface area contributed by atoms with Crippen molar-refractivity contribution in [1.29, 1.82) is 0 Å². The first-order valence-corrected chi connectivity index (χ1v) is 10.7. The first kappa shape index (κ1) is 19.5. The van der Waals surface area contributed by atoms with Crippen LogP contribution in [-0.2, 0) is 6.42 Å². The van der Waals surface area contributed by atoms with Gasteiger partial charge in [-0.05, 0) is 42.3 Å². The van der Waals surface area contributed by atoms with Gasteiger partial charge >= 0.3 is 0 Å². The molecule has 3 aromatic carbocycles. The van der Waals surface area contributed by atoms with Crippen LogP contribution in [0, 0.1) is 0 Å². The summed E-state index contributed by atoms with van der Waals surface area (Å²) in [6.45, 7) is 5.62. The molecule has 0 atom stereocenters. The van der Waals surface area contributed by atoms with E-state index < -0.39 is 0 Å². The Balaban J connectivity index is 2.06. The van der Waals surface area contributed by atoms with Gasteiger partial charge in [-0.25, -0.2) is 0 Å². The Bertz CT molecular complexity index is 822. The third-order valence-corrected chi connectivity index (χ3v) is 5.36. The molecule has 0 aromatic heterocycles. The molecule has 0 amide bonds. The number of hydrogen-bond acceptors (Lipinski definition) is 1. The summed E-state index contributed by atoms with van der Waals surface area (Å²) in [5.74, 6) is 0. The quantitative estimate of drug-likeness (QED) is 0.332. The lowest BCUT2D eigenvalue weighted by molar-refractivity contribution is 0.666. The van der Waals surface area contributed by atoms with Gasteiger partial charge in [0.05, 0.1) is 5.69 Å². The SMILES string of the molecule is CCCCCCc1ccc2ccccc2c1N(CCCC)c1ccccc1. The van der Waals surface area contributed by atoms with Gasteiger partial charge in [0.25, 0.3) is 0 Å². The minimum Gasteiger partial charge on any atom is -0.341 e. The van der Waals surface area contributed by atoms with Crippen LogP contribution in [0.15, 0.2) is 66.7 Å². The Kier molecular flexibility index (Phi) is 7.33. The van der Waals surface area contributed by atoms with Gasteiger partial charge < -0.3 is 4.90 Å². The number of anilines is 2.